The van der Waals surface area contributed by atoms with E-state index < -0.39 is 10.0 Å². The Labute approximate surface area is 182 Å². The molecule has 1 aromatic heterocycles. The van der Waals surface area contributed by atoms with Gasteiger partial charge in [-0.15, -0.1) is 0 Å². The van der Waals surface area contributed by atoms with Gasteiger partial charge in [0.25, 0.3) is 0 Å². The predicted octanol–water partition coefficient (Wildman–Crippen LogP) is 3.77. The molecule has 1 saturated heterocycles. The van der Waals surface area contributed by atoms with E-state index in [1.54, 1.807) is 6.07 Å². The Bertz CT molecular complexity index is 1010. The molecule has 1 aromatic carbocycles. The van der Waals surface area contributed by atoms with E-state index in [4.69, 9.17) is 16.1 Å². The van der Waals surface area contributed by atoms with E-state index in [0.717, 1.165) is 12.8 Å². The number of aromatic nitrogens is 2. The number of halogens is 1. The van der Waals surface area contributed by atoms with Gasteiger partial charge in [0, 0.05) is 37.0 Å². The van der Waals surface area contributed by atoms with Crippen molar-refractivity contribution < 1.29 is 17.7 Å². The summed E-state index contributed by atoms with van der Waals surface area (Å²) in [5.41, 5.74) is 0.205. The van der Waals surface area contributed by atoms with Crippen molar-refractivity contribution >= 4 is 33.2 Å². The number of aryl methyl sites for hydroxylation is 1. The highest BCUT2D eigenvalue weighted by molar-refractivity contribution is 7.89. The Morgan fingerprint density at radius 1 is 1.27 bits per heavy atom. The highest BCUT2D eigenvalue weighted by atomic mass is 35.5. The zero-order valence-corrected chi connectivity index (χ0v) is 19.0. The van der Waals surface area contributed by atoms with Gasteiger partial charge in [-0.25, -0.2) is 8.42 Å². The summed E-state index contributed by atoms with van der Waals surface area (Å²) in [5, 5.41) is 6.85. The number of hydrogen-bond acceptors (Lipinski definition) is 6. The molecule has 8 nitrogen and oxygen atoms in total. The Balaban J connectivity index is 1.58. The number of anilines is 1. The van der Waals surface area contributed by atoms with Crippen LogP contribution in [0.4, 0.5) is 5.69 Å². The van der Waals surface area contributed by atoms with E-state index in [2.05, 4.69) is 15.5 Å². The van der Waals surface area contributed by atoms with Gasteiger partial charge in [0.2, 0.25) is 21.8 Å². The molecule has 1 aliphatic rings. The lowest BCUT2D eigenvalue weighted by Crippen LogP contribution is -2.28. The third-order valence-corrected chi connectivity index (χ3v) is 7.21. The predicted molar refractivity (Wildman–Crippen MR) is 114 cm³/mol. The van der Waals surface area contributed by atoms with Crippen LogP contribution >= 0.6 is 11.6 Å². The fraction of sp³-hybridized carbons (Fsp3) is 0.550. The average molecular weight is 455 g/mol. The van der Waals surface area contributed by atoms with E-state index in [9.17, 15) is 13.2 Å². The number of hydrogen-bond donors (Lipinski definition) is 1. The Morgan fingerprint density at radius 3 is 2.60 bits per heavy atom. The van der Waals surface area contributed by atoms with Crippen molar-refractivity contribution in [2.45, 2.75) is 63.2 Å². The highest BCUT2D eigenvalue weighted by Crippen LogP contribution is 2.29. The summed E-state index contributed by atoms with van der Waals surface area (Å²) in [6.45, 7) is 6.97. The van der Waals surface area contributed by atoms with Crippen LogP contribution in [0.3, 0.4) is 0 Å². The minimum atomic E-state index is -3.67. The summed E-state index contributed by atoms with van der Waals surface area (Å²) in [4.78, 5) is 16.7. The molecule has 0 unspecified atom stereocenters. The average Bonchev–Trinajstić information content (AvgIpc) is 3.34. The smallest absolute Gasteiger partial charge is 0.244 e. The third kappa shape index (κ3) is 5.39. The molecule has 2 aromatic rings. The van der Waals surface area contributed by atoms with Crippen molar-refractivity contribution in [2.75, 3.05) is 18.4 Å². The molecule has 3 rings (SSSR count). The van der Waals surface area contributed by atoms with E-state index >= 15 is 0 Å². The monoisotopic (exact) mass is 454 g/mol. The lowest BCUT2D eigenvalue weighted by Gasteiger charge is -2.17. The second-order valence-electron chi connectivity index (χ2n) is 8.42. The summed E-state index contributed by atoms with van der Waals surface area (Å²) >= 11 is 6.14. The van der Waals surface area contributed by atoms with Gasteiger partial charge in [-0.3, -0.25) is 4.79 Å². The number of sulfonamides is 1. The van der Waals surface area contributed by atoms with Gasteiger partial charge in [0.1, 0.15) is 4.90 Å². The second-order valence-corrected chi connectivity index (χ2v) is 10.7. The quantitative estimate of drug-likeness (QED) is 0.682. The molecule has 0 aliphatic carbocycles. The molecule has 1 amide bonds. The van der Waals surface area contributed by atoms with Gasteiger partial charge in [-0.05, 0) is 37.5 Å². The first-order valence-electron chi connectivity index (χ1n) is 10.00. The molecule has 10 heteroatoms. The molecule has 1 aliphatic heterocycles. The van der Waals surface area contributed by atoms with Crippen molar-refractivity contribution in [1.82, 2.24) is 14.4 Å². The Kier molecular flexibility index (Phi) is 6.84. The maximum absolute atomic E-state index is 12.8. The molecule has 0 saturated carbocycles. The normalized spacial score (nSPS) is 15.5. The number of nitrogens with one attached hydrogen (secondary N) is 1. The van der Waals surface area contributed by atoms with Crippen molar-refractivity contribution in [1.29, 1.82) is 0 Å². The summed E-state index contributed by atoms with van der Waals surface area (Å²) in [6.07, 6.45) is 2.94. The van der Waals surface area contributed by atoms with Crippen LogP contribution in [0.5, 0.6) is 0 Å². The van der Waals surface area contributed by atoms with Crippen LogP contribution in [0, 0.1) is 0 Å². The first-order chi connectivity index (χ1) is 14.1. The van der Waals surface area contributed by atoms with Crippen LogP contribution in [0.2, 0.25) is 5.02 Å². The molecule has 0 bridgehead atoms. The maximum Gasteiger partial charge on any atom is 0.244 e. The number of nitrogens with zero attached hydrogens (tertiary/aromatic N) is 3. The fourth-order valence-electron chi connectivity index (χ4n) is 3.13. The van der Waals surface area contributed by atoms with Gasteiger partial charge >= 0.3 is 0 Å². The Morgan fingerprint density at radius 2 is 1.97 bits per heavy atom. The zero-order chi connectivity index (χ0) is 21.9. The molecule has 1 N–H and O–H groups in total. The van der Waals surface area contributed by atoms with E-state index in [0.29, 0.717) is 43.3 Å². The van der Waals surface area contributed by atoms with Gasteiger partial charge in [-0.2, -0.15) is 9.29 Å². The molecule has 164 valence electrons. The zero-order valence-electron chi connectivity index (χ0n) is 17.4. The first-order valence-corrected chi connectivity index (χ1v) is 11.8. The number of carbonyl (C=O) groups excluding carboxylic acids is 1. The molecule has 0 radical (unpaired) electrons. The van der Waals surface area contributed by atoms with Crippen LogP contribution in [0.25, 0.3) is 0 Å². The highest BCUT2D eigenvalue weighted by Gasteiger charge is 2.29. The largest absolute Gasteiger partial charge is 0.339 e. The van der Waals surface area contributed by atoms with Crippen molar-refractivity contribution in [2.24, 2.45) is 0 Å². The minimum absolute atomic E-state index is 0.0180. The maximum atomic E-state index is 12.8. The van der Waals surface area contributed by atoms with Gasteiger partial charge in [0.05, 0.1) is 5.02 Å². The van der Waals surface area contributed by atoms with Crippen LogP contribution in [-0.4, -0.2) is 41.9 Å². The van der Waals surface area contributed by atoms with Crippen molar-refractivity contribution in [3.05, 3.63) is 34.9 Å². The summed E-state index contributed by atoms with van der Waals surface area (Å²) in [6, 6.07) is 4.50. The van der Waals surface area contributed by atoms with Crippen molar-refractivity contribution in [3.8, 4) is 0 Å². The molecule has 30 heavy (non-hydrogen) atoms. The van der Waals surface area contributed by atoms with Crippen molar-refractivity contribution in [3.63, 3.8) is 0 Å². The van der Waals surface area contributed by atoms with Gasteiger partial charge in [-0.1, -0.05) is 37.5 Å². The molecular formula is C20H27ClN4O4S. The SMILES string of the molecule is CC(C)(C)c1noc(CCCC(=O)Nc2ccc(Cl)c(S(=O)(=O)N3CCCC3)c2)n1. The minimum Gasteiger partial charge on any atom is -0.339 e. The van der Waals surface area contributed by atoms with E-state index in [-0.39, 0.29) is 27.7 Å². The Hall–Kier alpha value is -1.97. The topological polar surface area (TPSA) is 105 Å². The van der Waals surface area contributed by atoms with Crippen LogP contribution in [0.15, 0.2) is 27.6 Å². The fourth-order valence-corrected chi connectivity index (χ4v) is 5.15. The lowest BCUT2D eigenvalue weighted by atomic mass is 9.96. The van der Waals surface area contributed by atoms with Crippen LogP contribution in [-0.2, 0) is 26.7 Å². The molecular weight excluding hydrogens is 428 g/mol. The van der Waals surface area contributed by atoms with Crippen LogP contribution in [0.1, 0.15) is 58.2 Å². The van der Waals surface area contributed by atoms with E-state index in [1.807, 2.05) is 20.8 Å². The molecule has 0 spiro atoms. The summed E-state index contributed by atoms with van der Waals surface area (Å²) in [7, 11) is -3.67. The summed E-state index contributed by atoms with van der Waals surface area (Å²) in [5.74, 6) is 0.908. The summed E-state index contributed by atoms with van der Waals surface area (Å²) < 4.78 is 32.3. The lowest BCUT2D eigenvalue weighted by molar-refractivity contribution is -0.116. The molecule has 2 heterocycles. The second kappa shape index (κ2) is 9.03. The number of carbonyl (C=O) groups is 1. The van der Waals surface area contributed by atoms with Crippen LogP contribution < -0.4 is 5.32 Å². The molecule has 0 atom stereocenters. The van der Waals surface area contributed by atoms with Gasteiger partial charge in [0.15, 0.2) is 5.82 Å². The number of amides is 1. The van der Waals surface area contributed by atoms with Gasteiger partial charge < -0.3 is 9.84 Å². The number of benzene rings is 1. The standard InChI is InChI=1S/C20H27ClN4O4S/c1-20(2,3)19-23-18(29-24-19)8-6-7-17(26)22-14-9-10-15(21)16(13-14)30(27,28)25-11-4-5-12-25/h9-10,13H,4-8,11-12H2,1-3H3,(H,22,26). The molecule has 1 fully saturated rings. The van der Waals surface area contributed by atoms with E-state index in [1.165, 1.54) is 16.4 Å². The third-order valence-electron chi connectivity index (χ3n) is 4.83. The number of rotatable bonds is 7. The first kappa shape index (κ1) is 22.7.